The van der Waals surface area contributed by atoms with Crippen molar-refractivity contribution in [3.63, 3.8) is 0 Å². The minimum Gasteiger partial charge on any atom is -0.357 e. The summed E-state index contributed by atoms with van der Waals surface area (Å²) < 4.78 is 1.11. The quantitative estimate of drug-likeness (QED) is 0.245. The first-order valence-electron chi connectivity index (χ1n) is 9.08. The van der Waals surface area contributed by atoms with E-state index in [2.05, 4.69) is 32.9 Å². The third-order valence-corrected chi connectivity index (χ3v) is 5.73. The third-order valence-electron chi connectivity index (χ3n) is 3.67. The number of nitrogens with one attached hydrogen (secondary N) is 3. The van der Waals surface area contributed by atoms with Gasteiger partial charge in [-0.1, -0.05) is 23.9 Å². The molecular weight excluding hydrogens is 378 g/mol. The van der Waals surface area contributed by atoms with E-state index >= 15 is 0 Å². The molecule has 0 atom stereocenters. The van der Waals surface area contributed by atoms with Crippen molar-refractivity contribution in [2.45, 2.75) is 24.1 Å². The third kappa shape index (κ3) is 8.01. The summed E-state index contributed by atoms with van der Waals surface area (Å²) in [6.45, 7) is 4.42. The number of carbonyl (C=O) groups is 1. The highest BCUT2D eigenvalue weighted by molar-refractivity contribution is 8.00. The Morgan fingerprint density at radius 1 is 1.33 bits per heavy atom. The number of guanidine groups is 1. The molecule has 6 nitrogen and oxygen atoms in total. The van der Waals surface area contributed by atoms with Gasteiger partial charge < -0.3 is 16.0 Å². The molecule has 0 radical (unpaired) electrons. The summed E-state index contributed by atoms with van der Waals surface area (Å²) in [5, 5.41) is 11.3. The predicted molar refractivity (Wildman–Crippen MR) is 115 cm³/mol. The van der Waals surface area contributed by atoms with Crippen LogP contribution in [0.4, 0.5) is 0 Å². The first kappa shape index (κ1) is 21.2. The number of nitrogens with zero attached hydrogens (tertiary/aromatic N) is 2. The molecule has 0 aliphatic carbocycles. The zero-order valence-electron chi connectivity index (χ0n) is 15.8. The molecule has 27 heavy (non-hydrogen) atoms. The van der Waals surface area contributed by atoms with Gasteiger partial charge in [-0.25, -0.2) is 4.98 Å². The van der Waals surface area contributed by atoms with Gasteiger partial charge in [0.2, 0.25) is 0 Å². The van der Waals surface area contributed by atoms with Gasteiger partial charge in [0.25, 0.3) is 5.91 Å². The van der Waals surface area contributed by atoms with Crippen LogP contribution in [0.3, 0.4) is 0 Å². The van der Waals surface area contributed by atoms with Crippen molar-refractivity contribution in [2.75, 3.05) is 32.4 Å². The maximum Gasteiger partial charge on any atom is 0.251 e. The monoisotopic (exact) mass is 405 g/mol. The number of aliphatic imine (C=N–C) groups is 1. The van der Waals surface area contributed by atoms with Crippen LogP contribution in [0.15, 0.2) is 45.2 Å². The average molecular weight is 406 g/mol. The van der Waals surface area contributed by atoms with Crippen LogP contribution in [-0.4, -0.2) is 49.3 Å². The molecule has 0 unspecified atom stereocenters. The van der Waals surface area contributed by atoms with E-state index in [1.54, 1.807) is 30.1 Å². The van der Waals surface area contributed by atoms with Crippen LogP contribution in [0.25, 0.3) is 0 Å². The van der Waals surface area contributed by atoms with E-state index in [0.29, 0.717) is 5.56 Å². The van der Waals surface area contributed by atoms with Gasteiger partial charge in [0.15, 0.2) is 5.96 Å². The number of thioether (sulfide) groups is 1. The van der Waals surface area contributed by atoms with Crippen LogP contribution in [-0.2, 0) is 6.42 Å². The van der Waals surface area contributed by atoms with Crippen molar-refractivity contribution in [3.05, 3.63) is 47.0 Å². The van der Waals surface area contributed by atoms with Crippen LogP contribution in [0.5, 0.6) is 0 Å². The van der Waals surface area contributed by atoms with Crippen molar-refractivity contribution in [1.29, 1.82) is 0 Å². The number of amides is 1. The van der Waals surface area contributed by atoms with Crippen LogP contribution in [0, 0.1) is 0 Å². The van der Waals surface area contributed by atoms with Crippen LogP contribution in [0.2, 0.25) is 0 Å². The van der Waals surface area contributed by atoms with Crippen LogP contribution >= 0.6 is 23.1 Å². The Bertz CT molecular complexity index is 719. The number of carbonyl (C=O) groups excluding carboxylic acids is 1. The topological polar surface area (TPSA) is 78.4 Å². The zero-order chi connectivity index (χ0) is 19.3. The molecule has 0 saturated heterocycles. The number of hydrogen-bond donors (Lipinski definition) is 3. The maximum atomic E-state index is 11.7. The number of hydrogen-bond acceptors (Lipinski definition) is 5. The molecule has 2 aromatic rings. The van der Waals surface area contributed by atoms with Gasteiger partial charge in [-0.15, -0.1) is 11.3 Å². The second kappa shape index (κ2) is 12.3. The fraction of sp³-hybridized carbons (Fsp3) is 0.421. The van der Waals surface area contributed by atoms with Gasteiger partial charge in [0, 0.05) is 49.6 Å². The highest BCUT2D eigenvalue weighted by Crippen LogP contribution is 2.20. The second-order valence-corrected chi connectivity index (χ2v) is 7.95. The SMILES string of the molecule is CCNC(=NCCCSc1nccs1)NCCc1cccc(C(=O)NC)c1. The molecule has 0 fully saturated rings. The standard InChI is InChI=1S/C19H27N5OS2/c1-3-21-18(22-9-5-12-26-19-24-11-13-27-19)23-10-8-15-6-4-7-16(14-15)17(25)20-2/h4,6-7,11,13-14H,3,5,8-10,12H2,1-2H3,(H,20,25)(H2,21,22,23). The summed E-state index contributed by atoms with van der Waals surface area (Å²) in [7, 11) is 1.64. The number of thiazole rings is 1. The molecule has 0 bridgehead atoms. The largest absolute Gasteiger partial charge is 0.357 e. The summed E-state index contributed by atoms with van der Waals surface area (Å²) in [6.07, 6.45) is 3.67. The number of benzene rings is 1. The van der Waals surface area contributed by atoms with Crippen LogP contribution < -0.4 is 16.0 Å². The minimum absolute atomic E-state index is 0.0599. The molecule has 1 aromatic heterocycles. The van der Waals surface area contributed by atoms with Gasteiger partial charge in [0.05, 0.1) is 0 Å². The van der Waals surface area contributed by atoms with Crippen molar-refractivity contribution in [1.82, 2.24) is 20.9 Å². The molecular formula is C19H27N5OS2. The van der Waals surface area contributed by atoms with E-state index in [4.69, 9.17) is 0 Å². The lowest BCUT2D eigenvalue weighted by atomic mass is 10.1. The zero-order valence-corrected chi connectivity index (χ0v) is 17.5. The summed E-state index contributed by atoms with van der Waals surface area (Å²) in [5.41, 5.74) is 1.81. The Kier molecular flexibility index (Phi) is 9.72. The highest BCUT2D eigenvalue weighted by atomic mass is 32.2. The van der Waals surface area contributed by atoms with Gasteiger partial charge >= 0.3 is 0 Å². The maximum absolute atomic E-state index is 11.7. The Labute approximate surface area is 169 Å². The molecule has 0 aliphatic rings. The number of aromatic nitrogens is 1. The van der Waals surface area contributed by atoms with E-state index in [1.165, 1.54) is 0 Å². The molecule has 0 spiro atoms. The molecule has 0 aliphatic heterocycles. The molecule has 2 rings (SSSR count). The summed E-state index contributed by atoms with van der Waals surface area (Å²) in [5.74, 6) is 1.79. The molecule has 3 N–H and O–H groups in total. The van der Waals surface area contributed by atoms with Crippen molar-refractivity contribution >= 4 is 35.0 Å². The lowest BCUT2D eigenvalue weighted by molar-refractivity contribution is 0.0963. The van der Waals surface area contributed by atoms with E-state index in [9.17, 15) is 4.79 Å². The first-order chi connectivity index (χ1) is 13.2. The molecule has 0 saturated carbocycles. The van der Waals surface area contributed by atoms with E-state index in [1.807, 2.05) is 35.8 Å². The number of rotatable bonds is 10. The van der Waals surface area contributed by atoms with Gasteiger partial charge in [0.1, 0.15) is 4.34 Å². The van der Waals surface area contributed by atoms with Gasteiger partial charge in [-0.3, -0.25) is 9.79 Å². The highest BCUT2D eigenvalue weighted by Gasteiger charge is 2.04. The Morgan fingerprint density at radius 3 is 2.96 bits per heavy atom. The lowest BCUT2D eigenvalue weighted by Crippen LogP contribution is -2.38. The molecule has 8 heteroatoms. The summed E-state index contributed by atoms with van der Waals surface area (Å²) in [6, 6.07) is 7.71. The molecule has 146 valence electrons. The van der Waals surface area contributed by atoms with Crippen molar-refractivity contribution in [3.8, 4) is 0 Å². The Morgan fingerprint density at radius 2 is 2.22 bits per heavy atom. The lowest BCUT2D eigenvalue weighted by Gasteiger charge is -2.11. The Hall–Kier alpha value is -2.06. The second-order valence-electron chi connectivity index (χ2n) is 5.72. The summed E-state index contributed by atoms with van der Waals surface area (Å²) in [4.78, 5) is 20.6. The molecule has 1 heterocycles. The van der Waals surface area contributed by atoms with Crippen molar-refractivity contribution < 1.29 is 4.79 Å². The average Bonchev–Trinajstić information content (AvgIpc) is 3.21. The van der Waals surface area contributed by atoms with Gasteiger partial charge in [-0.2, -0.15) is 0 Å². The summed E-state index contributed by atoms with van der Waals surface area (Å²) >= 11 is 3.45. The fourth-order valence-electron chi connectivity index (χ4n) is 2.38. The van der Waals surface area contributed by atoms with Gasteiger partial charge in [-0.05, 0) is 37.5 Å². The van der Waals surface area contributed by atoms with Crippen molar-refractivity contribution in [2.24, 2.45) is 4.99 Å². The fourth-order valence-corrected chi connectivity index (χ4v) is 4.01. The van der Waals surface area contributed by atoms with E-state index in [-0.39, 0.29) is 5.91 Å². The van der Waals surface area contributed by atoms with E-state index < -0.39 is 0 Å². The first-order valence-corrected chi connectivity index (χ1v) is 10.9. The molecule has 1 aromatic carbocycles. The predicted octanol–water partition coefficient (Wildman–Crippen LogP) is 2.78. The normalized spacial score (nSPS) is 11.3. The van der Waals surface area contributed by atoms with E-state index in [0.717, 1.165) is 54.1 Å². The smallest absolute Gasteiger partial charge is 0.251 e. The van der Waals surface area contributed by atoms with Crippen LogP contribution in [0.1, 0.15) is 29.3 Å². The Balaban J connectivity index is 1.74. The molecule has 1 amide bonds. The minimum atomic E-state index is -0.0599.